The number of aromatic nitrogens is 3. The lowest BCUT2D eigenvalue weighted by Crippen LogP contribution is -2.29. The van der Waals surface area contributed by atoms with Crippen molar-refractivity contribution in [3.05, 3.63) is 77.4 Å². The van der Waals surface area contributed by atoms with Gasteiger partial charge in [0.05, 0.1) is 11.8 Å². The van der Waals surface area contributed by atoms with Crippen molar-refractivity contribution in [3.63, 3.8) is 0 Å². The quantitative estimate of drug-likeness (QED) is 0.734. The maximum Gasteiger partial charge on any atom is 0.291 e. The van der Waals surface area contributed by atoms with Crippen LogP contribution in [-0.4, -0.2) is 32.3 Å². The van der Waals surface area contributed by atoms with E-state index < -0.39 is 17.8 Å². The second kappa shape index (κ2) is 7.40. The number of amides is 1. The Hall–Kier alpha value is -3.13. The van der Waals surface area contributed by atoms with Crippen molar-refractivity contribution in [1.29, 1.82) is 0 Å². The van der Waals surface area contributed by atoms with Gasteiger partial charge >= 0.3 is 0 Å². The van der Waals surface area contributed by atoms with Gasteiger partial charge in [0.1, 0.15) is 17.5 Å². The highest BCUT2D eigenvalue weighted by molar-refractivity contribution is 5.90. The molecule has 0 aliphatic carbocycles. The normalized spacial score (nSPS) is 12.0. The molecule has 134 valence electrons. The van der Waals surface area contributed by atoms with Crippen LogP contribution in [0.4, 0.5) is 8.78 Å². The third kappa shape index (κ3) is 3.92. The summed E-state index contributed by atoms with van der Waals surface area (Å²) < 4.78 is 27.6. The van der Waals surface area contributed by atoms with E-state index in [0.29, 0.717) is 17.1 Å². The van der Waals surface area contributed by atoms with E-state index in [1.54, 1.807) is 13.0 Å². The molecule has 3 rings (SSSR count). The molecule has 0 spiro atoms. The summed E-state index contributed by atoms with van der Waals surface area (Å²) in [7, 11) is 0. The molecule has 0 radical (unpaired) electrons. The second-order valence-electron chi connectivity index (χ2n) is 5.65. The number of aryl methyl sites for hydroxylation is 1. The number of nitrogens with zero attached hydrogens (tertiary/aromatic N) is 3. The molecule has 1 unspecified atom stereocenters. The number of hydrogen-bond donors (Lipinski definition) is 2. The van der Waals surface area contributed by atoms with Crippen LogP contribution in [0, 0.1) is 18.6 Å². The zero-order chi connectivity index (χ0) is 18.7. The zero-order valence-electron chi connectivity index (χ0n) is 13.9. The van der Waals surface area contributed by atoms with Gasteiger partial charge in [-0.3, -0.25) is 4.79 Å². The lowest BCUT2D eigenvalue weighted by Gasteiger charge is -2.11. The van der Waals surface area contributed by atoms with Gasteiger partial charge in [-0.1, -0.05) is 12.1 Å². The summed E-state index contributed by atoms with van der Waals surface area (Å²) in [6.45, 7) is 1.54. The molecule has 1 amide bonds. The molecule has 1 aromatic heterocycles. The van der Waals surface area contributed by atoms with E-state index >= 15 is 0 Å². The average molecular weight is 358 g/mol. The van der Waals surface area contributed by atoms with Crippen molar-refractivity contribution in [2.75, 3.05) is 6.54 Å². The van der Waals surface area contributed by atoms with Crippen LogP contribution >= 0.6 is 0 Å². The maximum atomic E-state index is 13.2. The third-order valence-electron chi connectivity index (χ3n) is 3.73. The molecule has 26 heavy (non-hydrogen) atoms. The molecule has 3 aromatic rings. The minimum Gasteiger partial charge on any atom is -0.387 e. The largest absolute Gasteiger partial charge is 0.387 e. The van der Waals surface area contributed by atoms with Gasteiger partial charge < -0.3 is 10.4 Å². The highest BCUT2D eigenvalue weighted by Crippen LogP contribution is 2.14. The minimum absolute atomic E-state index is 0.0849. The van der Waals surface area contributed by atoms with Crippen molar-refractivity contribution in [3.8, 4) is 5.69 Å². The maximum absolute atomic E-state index is 13.2. The van der Waals surface area contributed by atoms with E-state index in [0.717, 1.165) is 0 Å². The predicted octanol–water partition coefficient (Wildman–Crippen LogP) is 2.32. The average Bonchev–Trinajstić information content (AvgIpc) is 3.02. The molecule has 0 saturated carbocycles. The Kier molecular flexibility index (Phi) is 5.04. The summed E-state index contributed by atoms with van der Waals surface area (Å²) in [6.07, 6.45) is -1.06. The molecular formula is C18H16F2N4O2. The first-order valence-corrected chi connectivity index (χ1v) is 7.85. The van der Waals surface area contributed by atoms with Gasteiger partial charge in [0, 0.05) is 6.54 Å². The number of carbonyl (C=O) groups excluding carboxylic acids is 1. The third-order valence-corrected chi connectivity index (χ3v) is 3.73. The molecule has 1 atom stereocenters. The van der Waals surface area contributed by atoms with Crippen molar-refractivity contribution in [2.24, 2.45) is 0 Å². The minimum atomic E-state index is -1.06. The molecule has 1 heterocycles. The van der Waals surface area contributed by atoms with Crippen LogP contribution in [-0.2, 0) is 0 Å². The van der Waals surface area contributed by atoms with Crippen LogP contribution in [0.3, 0.4) is 0 Å². The summed E-state index contributed by atoms with van der Waals surface area (Å²) in [4.78, 5) is 16.3. The topological polar surface area (TPSA) is 80.0 Å². The molecule has 0 aliphatic heterocycles. The Morgan fingerprint density at radius 1 is 1.19 bits per heavy atom. The van der Waals surface area contributed by atoms with Crippen molar-refractivity contribution < 1.29 is 18.7 Å². The second-order valence-corrected chi connectivity index (χ2v) is 5.65. The highest BCUT2D eigenvalue weighted by atomic mass is 19.1. The molecule has 0 aliphatic rings. The van der Waals surface area contributed by atoms with Crippen LogP contribution in [0.25, 0.3) is 5.69 Å². The molecular weight excluding hydrogens is 342 g/mol. The van der Waals surface area contributed by atoms with Crippen LogP contribution in [0.5, 0.6) is 0 Å². The smallest absolute Gasteiger partial charge is 0.291 e. The van der Waals surface area contributed by atoms with E-state index in [1.807, 2.05) is 0 Å². The van der Waals surface area contributed by atoms with Gasteiger partial charge in [-0.05, 0) is 48.9 Å². The fourth-order valence-electron chi connectivity index (χ4n) is 2.41. The van der Waals surface area contributed by atoms with E-state index in [2.05, 4.69) is 15.4 Å². The number of aliphatic hydroxyl groups excluding tert-OH is 1. The van der Waals surface area contributed by atoms with Crippen molar-refractivity contribution in [2.45, 2.75) is 13.0 Å². The zero-order valence-corrected chi connectivity index (χ0v) is 13.9. The Bertz CT molecular complexity index is 925. The number of carbonyl (C=O) groups is 1. The monoisotopic (exact) mass is 358 g/mol. The molecule has 2 aromatic carbocycles. The number of rotatable bonds is 5. The van der Waals surface area contributed by atoms with Crippen LogP contribution in [0.1, 0.15) is 28.1 Å². The van der Waals surface area contributed by atoms with E-state index in [-0.39, 0.29) is 18.2 Å². The standard InChI is InChI=1S/C18H16F2N4O2/c1-11-22-17(23-24(11)15-7-5-13(19)6-8-15)18(26)21-10-16(25)12-3-2-4-14(20)9-12/h2-9,16,25H,10H2,1H3,(H,21,26). The first-order chi connectivity index (χ1) is 12.4. The SMILES string of the molecule is Cc1nc(C(=O)NCC(O)c2cccc(F)c2)nn1-c1ccc(F)cc1. The summed E-state index contributed by atoms with van der Waals surface area (Å²) >= 11 is 0. The van der Waals surface area contributed by atoms with Gasteiger partial charge in [-0.15, -0.1) is 5.10 Å². The molecule has 6 nitrogen and oxygen atoms in total. The van der Waals surface area contributed by atoms with Crippen molar-refractivity contribution >= 4 is 5.91 Å². The number of hydrogen-bond acceptors (Lipinski definition) is 4. The molecule has 0 bridgehead atoms. The lowest BCUT2D eigenvalue weighted by molar-refractivity contribution is 0.0906. The van der Waals surface area contributed by atoms with E-state index in [1.165, 1.54) is 47.1 Å². The van der Waals surface area contributed by atoms with Gasteiger partial charge in [-0.2, -0.15) is 0 Å². The number of benzene rings is 2. The highest BCUT2D eigenvalue weighted by Gasteiger charge is 2.17. The summed E-state index contributed by atoms with van der Waals surface area (Å²) in [6, 6.07) is 11.1. The van der Waals surface area contributed by atoms with E-state index in [9.17, 15) is 18.7 Å². The number of aliphatic hydroxyl groups is 1. The Labute approximate surface area is 148 Å². The fourth-order valence-corrected chi connectivity index (χ4v) is 2.41. The number of halogens is 2. The predicted molar refractivity (Wildman–Crippen MR) is 89.7 cm³/mol. The van der Waals surface area contributed by atoms with E-state index in [4.69, 9.17) is 0 Å². The Morgan fingerprint density at radius 2 is 1.92 bits per heavy atom. The summed E-state index contributed by atoms with van der Waals surface area (Å²) in [5, 5.41) is 16.7. The van der Waals surface area contributed by atoms with Gasteiger partial charge in [0.25, 0.3) is 5.91 Å². The van der Waals surface area contributed by atoms with Crippen LogP contribution < -0.4 is 5.32 Å². The van der Waals surface area contributed by atoms with Gasteiger partial charge in [-0.25, -0.2) is 18.4 Å². The number of nitrogens with one attached hydrogen (secondary N) is 1. The fraction of sp³-hybridized carbons (Fsp3) is 0.167. The summed E-state index contributed by atoms with van der Waals surface area (Å²) in [5.41, 5.74) is 0.918. The summed E-state index contributed by atoms with van der Waals surface area (Å²) in [5.74, 6) is -1.06. The van der Waals surface area contributed by atoms with Gasteiger partial charge in [0.15, 0.2) is 0 Å². The Morgan fingerprint density at radius 3 is 2.62 bits per heavy atom. The molecule has 8 heteroatoms. The first kappa shape index (κ1) is 17.7. The molecule has 2 N–H and O–H groups in total. The first-order valence-electron chi connectivity index (χ1n) is 7.85. The van der Waals surface area contributed by atoms with Crippen LogP contribution in [0.15, 0.2) is 48.5 Å². The van der Waals surface area contributed by atoms with Crippen LogP contribution in [0.2, 0.25) is 0 Å². The molecule has 0 saturated heterocycles. The Balaban J connectivity index is 1.69. The van der Waals surface area contributed by atoms with Crippen molar-refractivity contribution in [1.82, 2.24) is 20.1 Å². The van der Waals surface area contributed by atoms with Gasteiger partial charge in [0.2, 0.25) is 5.82 Å². The molecule has 0 fully saturated rings. The lowest BCUT2D eigenvalue weighted by atomic mass is 10.1.